The molecule has 0 amide bonds. The molecule has 1 heterocycles. The van der Waals surface area contributed by atoms with Gasteiger partial charge in [0.2, 0.25) is 0 Å². The molecule has 1 fully saturated rings. The van der Waals surface area contributed by atoms with Gasteiger partial charge in [0.1, 0.15) is 0 Å². The van der Waals surface area contributed by atoms with Crippen LogP contribution in [0.15, 0.2) is 9.95 Å². The number of hydrogen-bond acceptors (Lipinski definition) is 4. The van der Waals surface area contributed by atoms with Crippen LogP contribution in [0.4, 0.5) is 0 Å². The Labute approximate surface area is 124 Å². The van der Waals surface area contributed by atoms with Gasteiger partial charge in [-0.15, -0.1) is 5.10 Å². The third-order valence-corrected chi connectivity index (χ3v) is 4.63. The Kier molecular flexibility index (Phi) is 6.16. The molecule has 1 aromatic rings. The zero-order valence-electron chi connectivity index (χ0n) is 12.5. The highest BCUT2D eigenvalue weighted by Gasteiger charge is 2.28. The van der Waals surface area contributed by atoms with Crippen molar-refractivity contribution in [3.8, 4) is 0 Å². The molecular formula is C14H26N4OS. The van der Waals surface area contributed by atoms with Gasteiger partial charge < -0.3 is 5.32 Å². The Balaban J connectivity index is 1.63. The Morgan fingerprint density at radius 2 is 2.30 bits per heavy atom. The Morgan fingerprint density at radius 3 is 3.00 bits per heavy atom. The van der Waals surface area contributed by atoms with Gasteiger partial charge in [-0.05, 0) is 45.6 Å². The quantitative estimate of drug-likeness (QED) is 0.515. The fourth-order valence-corrected chi connectivity index (χ4v) is 3.27. The first-order valence-corrected chi connectivity index (χ1v) is 8.74. The van der Waals surface area contributed by atoms with Crippen molar-refractivity contribution in [1.29, 1.82) is 0 Å². The van der Waals surface area contributed by atoms with Gasteiger partial charge in [-0.25, -0.2) is 9.89 Å². The summed E-state index contributed by atoms with van der Waals surface area (Å²) in [5, 5.41) is 11.1. The summed E-state index contributed by atoms with van der Waals surface area (Å²) in [6.45, 7) is 5.55. The number of nitrogens with zero attached hydrogens (tertiary/aromatic N) is 2. The Hall–Kier alpha value is -0.750. The maximum atomic E-state index is 11.6. The van der Waals surface area contributed by atoms with E-state index in [0.717, 1.165) is 30.3 Å². The topological polar surface area (TPSA) is 62.7 Å². The first-order valence-electron chi connectivity index (χ1n) is 7.75. The van der Waals surface area contributed by atoms with Gasteiger partial charge >= 0.3 is 5.69 Å². The predicted molar refractivity (Wildman–Crippen MR) is 83.4 cm³/mol. The summed E-state index contributed by atoms with van der Waals surface area (Å²) in [6.07, 6.45) is 7.05. The number of aromatic amines is 1. The molecule has 0 saturated heterocycles. The number of thioether (sulfide) groups is 1. The summed E-state index contributed by atoms with van der Waals surface area (Å²) in [5.74, 6) is 1.04. The fourth-order valence-electron chi connectivity index (χ4n) is 2.26. The molecular weight excluding hydrogens is 272 g/mol. The van der Waals surface area contributed by atoms with Crippen LogP contribution in [0.2, 0.25) is 0 Å². The van der Waals surface area contributed by atoms with E-state index in [2.05, 4.69) is 29.4 Å². The van der Waals surface area contributed by atoms with Gasteiger partial charge in [-0.2, -0.15) is 0 Å². The molecule has 5 nitrogen and oxygen atoms in total. The maximum absolute atomic E-state index is 11.6. The molecule has 1 unspecified atom stereocenters. The number of H-pyrrole nitrogens is 1. The van der Waals surface area contributed by atoms with Crippen LogP contribution in [0.3, 0.4) is 0 Å². The van der Waals surface area contributed by atoms with E-state index in [9.17, 15) is 4.79 Å². The standard InChI is InChI=1S/C14H26N4OS/c1-3-9-15-11(2)6-4-5-10-20-14-17-16-13(19)18(14)12-7-8-12/h11-12,15H,3-10H2,1-2H3,(H,16,19). The van der Waals surface area contributed by atoms with Crippen LogP contribution in [0.25, 0.3) is 0 Å². The summed E-state index contributed by atoms with van der Waals surface area (Å²) >= 11 is 1.71. The average Bonchev–Trinajstić information content (AvgIpc) is 3.20. The first-order chi connectivity index (χ1) is 9.72. The second-order valence-electron chi connectivity index (χ2n) is 5.61. The number of nitrogens with one attached hydrogen (secondary N) is 2. The van der Waals surface area contributed by atoms with Crippen LogP contribution in [-0.4, -0.2) is 33.1 Å². The van der Waals surface area contributed by atoms with Gasteiger partial charge in [0.25, 0.3) is 0 Å². The summed E-state index contributed by atoms with van der Waals surface area (Å²) in [7, 11) is 0. The number of aromatic nitrogens is 3. The molecule has 6 heteroatoms. The lowest BCUT2D eigenvalue weighted by atomic mass is 10.1. The SMILES string of the molecule is CCCNC(C)CCCCSc1n[nH]c(=O)n1C1CC1. The highest BCUT2D eigenvalue weighted by Crippen LogP contribution is 2.36. The smallest absolute Gasteiger partial charge is 0.314 e. The van der Waals surface area contributed by atoms with Crippen LogP contribution >= 0.6 is 11.8 Å². The van der Waals surface area contributed by atoms with Crippen molar-refractivity contribution < 1.29 is 0 Å². The summed E-state index contributed by atoms with van der Waals surface area (Å²) in [6, 6.07) is 1.01. The highest BCUT2D eigenvalue weighted by molar-refractivity contribution is 7.99. The molecule has 1 aromatic heterocycles. The normalized spacial score (nSPS) is 16.5. The molecule has 1 atom stereocenters. The van der Waals surface area contributed by atoms with Gasteiger partial charge in [0, 0.05) is 17.8 Å². The lowest BCUT2D eigenvalue weighted by Crippen LogP contribution is -2.26. The molecule has 0 aromatic carbocycles. The lowest BCUT2D eigenvalue weighted by Gasteiger charge is -2.12. The van der Waals surface area contributed by atoms with E-state index in [4.69, 9.17) is 0 Å². The van der Waals surface area contributed by atoms with E-state index in [1.54, 1.807) is 11.8 Å². The van der Waals surface area contributed by atoms with Gasteiger partial charge in [0.15, 0.2) is 5.16 Å². The molecule has 0 bridgehead atoms. The van der Waals surface area contributed by atoms with Crippen molar-refractivity contribution in [3.05, 3.63) is 10.5 Å². The van der Waals surface area contributed by atoms with Gasteiger partial charge in [-0.1, -0.05) is 25.1 Å². The second kappa shape index (κ2) is 7.88. The third-order valence-electron chi connectivity index (χ3n) is 3.59. The van der Waals surface area contributed by atoms with Crippen molar-refractivity contribution in [3.63, 3.8) is 0 Å². The molecule has 114 valence electrons. The Morgan fingerprint density at radius 1 is 1.50 bits per heavy atom. The number of hydrogen-bond donors (Lipinski definition) is 2. The summed E-state index contributed by atoms with van der Waals surface area (Å²) in [5.41, 5.74) is -0.0487. The van der Waals surface area contributed by atoms with Crippen molar-refractivity contribution in [2.24, 2.45) is 0 Å². The minimum atomic E-state index is -0.0487. The van der Waals surface area contributed by atoms with Crippen molar-refractivity contribution in [2.45, 2.75) is 69.6 Å². The van der Waals surface area contributed by atoms with E-state index in [1.807, 2.05) is 4.57 Å². The maximum Gasteiger partial charge on any atom is 0.344 e. The lowest BCUT2D eigenvalue weighted by molar-refractivity contribution is 0.496. The molecule has 0 spiro atoms. The van der Waals surface area contributed by atoms with Crippen molar-refractivity contribution in [2.75, 3.05) is 12.3 Å². The number of rotatable bonds is 10. The van der Waals surface area contributed by atoms with E-state index in [1.165, 1.54) is 25.7 Å². The van der Waals surface area contributed by atoms with Crippen LogP contribution in [0.5, 0.6) is 0 Å². The van der Waals surface area contributed by atoms with Gasteiger partial charge in [-0.3, -0.25) is 4.57 Å². The number of unbranched alkanes of at least 4 members (excludes halogenated alkanes) is 1. The zero-order chi connectivity index (χ0) is 14.4. The second-order valence-corrected chi connectivity index (χ2v) is 6.67. The minimum absolute atomic E-state index is 0.0487. The largest absolute Gasteiger partial charge is 0.344 e. The molecule has 1 aliphatic rings. The molecule has 1 saturated carbocycles. The van der Waals surface area contributed by atoms with Gasteiger partial charge in [0.05, 0.1) is 0 Å². The summed E-state index contributed by atoms with van der Waals surface area (Å²) in [4.78, 5) is 11.6. The van der Waals surface area contributed by atoms with E-state index in [-0.39, 0.29) is 5.69 Å². The molecule has 0 aliphatic heterocycles. The van der Waals surface area contributed by atoms with E-state index < -0.39 is 0 Å². The minimum Gasteiger partial charge on any atom is -0.314 e. The zero-order valence-corrected chi connectivity index (χ0v) is 13.3. The fraction of sp³-hybridized carbons (Fsp3) is 0.857. The molecule has 2 rings (SSSR count). The van der Waals surface area contributed by atoms with E-state index in [0.29, 0.717) is 12.1 Å². The van der Waals surface area contributed by atoms with Crippen LogP contribution < -0.4 is 11.0 Å². The first kappa shape index (κ1) is 15.6. The van der Waals surface area contributed by atoms with Crippen LogP contribution in [0.1, 0.15) is 58.4 Å². The monoisotopic (exact) mass is 298 g/mol. The van der Waals surface area contributed by atoms with Crippen LogP contribution in [0, 0.1) is 0 Å². The summed E-state index contributed by atoms with van der Waals surface area (Å²) < 4.78 is 1.83. The molecule has 1 aliphatic carbocycles. The molecule has 20 heavy (non-hydrogen) atoms. The van der Waals surface area contributed by atoms with Crippen molar-refractivity contribution in [1.82, 2.24) is 20.1 Å². The van der Waals surface area contributed by atoms with Crippen molar-refractivity contribution >= 4 is 11.8 Å². The van der Waals surface area contributed by atoms with Crippen LogP contribution in [-0.2, 0) is 0 Å². The molecule has 0 radical (unpaired) electrons. The molecule has 2 N–H and O–H groups in total. The average molecular weight is 298 g/mol. The predicted octanol–water partition coefficient (Wildman–Crippen LogP) is 2.56. The third kappa shape index (κ3) is 4.66. The highest BCUT2D eigenvalue weighted by atomic mass is 32.2. The van der Waals surface area contributed by atoms with E-state index >= 15 is 0 Å². The Bertz CT molecular complexity index is 452.